The number of nitrogens with one attached hydrogen (secondary N) is 1. The summed E-state index contributed by atoms with van der Waals surface area (Å²) in [6.45, 7) is 5.58. The molecule has 1 fully saturated rings. The molecular weight excluding hydrogens is 327 g/mol. The summed E-state index contributed by atoms with van der Waals surface area (Å²) in [5.74, 6) is -0.750. The number of amidine groups is 1. The van der Waals surface area contributed by atoms with Crippen LogP contribution in [0.5, 0.6) is 0 Å². The Hall–Kier alpha value is -1.76. The number of hydrogen-bond donors (Lipinski definition) is 3. The summed E-state index contributed by atoms with van der Waals surface area (Å²) in [4.78, 5) is 17.4. The lowest BCUT2D eigenvalue weighted by atomic mass is 9.73. The minimum Gasteiger partial charge on any atom is -0.399 e. The zero-order valence-corrected chi connectivity index (χ0v) is 14.9. The van der Waals surface area contributed by atoms with E-state index in [0.717, 1.165) is 12.8 Å². The highest BCUT2D eigenvalue weighted by atomic mass is 32.2. The monoisotopic (exact) mass is 350 g/mol. The van der Waals surface area contributed by atoms with E-state index in [2.05, 4.69) is 10.3 Å². The van der Waals surface area contributed by atoms with Gasteiger partial charge in [-0.3, -0.25) is 9.79 Å². The first kappa shape index (κ1) is 17.1. The molecule has 1 heterocycles. The van der Waals surface area contributed by atoms with Gasteiger partial charge in [-0.15, -0.1) is 0 Å². The third-order valence-corrected chi connectivity index (χ3v) is 6.49. The van der Waals surface area contributed by atoms with Crippen molar-refractivity contribution in [3.63, 3.8) is 0 Å². The van der Waals surface area contributed by atoms with Crippen LogP contribution < -0.4 is 16.8 Å². The van der Waals surface area contributed by atoms with Gasteiger partial charge in [-0.25, -0.2) is 4.39 Å². The number of nitrogens with two attached hydrogens (primary N) is 2. The minimum atomic E-state index is -0.968. The number of rotatable bonds is 3. The maximum Gasteiger partial charge on any atom is 0.237 e. The Morgan fingerprint density at radius 2 is 2.04 bits per heavy atom. The maximum atomic E-state index is 14.5. The Kier molecular flexibility index (Phi) is 4.02. The standard InChI is InChI=1S/C17H23FN4OS/c1-9-16(2,12-8-10(19)4-7-13(12)18)22-15(20)24-17(9,3)14(23)21-11-5-6-11/h4,7-9,11H,5-6,19H2,1-3H3,(H2,20,22)(H,21,23)/t9?,16-,17-/m0/s1. The summed E-state index contributed by atoms with van der Waals surface area (Å²) in [6, 6.07) is 4.67. The Morgan fingerprint density at radius 3 is 2.67 bits per heavy atom. The summed E-state index contributed by atoms with van der Waals surface area (Å²) in [6.07, 6.45) is 2.01. The van der Waals surface area contributed by atoms with Crippen LogP contribution in [-0.4, -0.2) is 21.9 Å². The van der Waals surface area contributed by atoms with Gasteiger partial charge in [0.2, 0.25) is 5.91 Å². The molecule has 0 bridgehead atoms. The Labute approximate surface area is 145 Å². The van der Waals surface area contributed by atoms with Crippen molar-refractivity contribution in [3.05, 3.63) is 29.6 Å². The predicted octanol–water partition coefficient (Wildman–Crippen LogP) is 2.36. The third kappa shape index (κ3) is 2.75. The highest BCUT2D eigenvalue weighted by Gasteiger charge is 2.54. The molecule has 1 aliphatic carbocycles. The number of nitrogen functional groups attached to an aromatic ring is 1. The molecular formula is C17H23FN4OS. The average Bonchev–Trinajstić information content (AvgIpc) is 3.31. The van der Waals surface area contributed by atoms with Crippen molar-refractivity contribution in [2.45, 2.75) is 49.9 Å². The van der Waals surface area contributed by atoms with Gasteiger partial charge in [-0.1, -0.05) is 18.7 Å². The molecule has 0 saturated heterocycles. The molecule has 3 atom stereocenters. The molecule has 0 aromatic heterocycles. The largest absolute Gasteiger partial charge is 0.399 e. The quantitative estimate of drug-likeness (QED) is 0.730. The first-order valence-electron chi connectivity index (χ1n) is 8.07. The van der Waals surface area contributed by atoms with Gasteiger partial charge in [0.15, 0.2) is 5.17 Å². The number of nitrogens with zero attached hydrogens (tertiary/aromatic N) is 1. The normalized spacial score (nSPS) is 33.0. The molecule has 0 radical (unpaired) electrons. The number of aliphatic imine (C=N–C) groups is 1. The van der Waals surface area contributed by atoms with E-state index in [1.807, 2.05) is 20.8 Å². The molecule has 1 aromatic carbocycles. The molecule has 1 saturated carbocycles. The van der Waals surface area contributed by atoms with Gasteiger partial charge in [-0.05, 0) is 44.9 Å². The van der Waals surface area contributed by atoms with Crippen molar-refractivity contribution in [3.8, 4) is 0 Å². The molecule has 5 N–H and O–H groups in total. The van der Waals surface area contributed by atoms with E-state index in [4.69, 9.17) is 11.5 Å². The molecule has 130 valence electrons. The fraction of sp³-hybridized carbons (Fsp3) is 0.529. The number of thioether (sulfide) groups is 1. The van der Waals surface area contributed by atoms with Crippen LogP contribution in [0.2, 0.25) is 0 Å². The zero-order chi connectivity index (χ0) is 17.7. The number of halogens is 1. The Bertz CT molecular complexity index is 721. The molecule has 7 heteroatoms. The van der Waals surface area contributed by atoms with Crippen LogP contribution in [0.1, 0.15) is 39.2 Å². The van der Waals surface area contributed by atoms with Gasteiger partial charge in [0.1, 0.15) is 10.6 Å². The Morgan fingerprint density at radius 1 is 1.38 bits per heavy atom. The van der Waals surface area contributed by atoms with Crippen LogP contribution in [0.25, 0.3) is 0 Å². The van der Waals surface area contributed by atoms with E-state index in [0.29, 0.717) is 11.3 Å². The highest BCUT2D eigenvalue weighted by Crippen LogP contribution is 2.50. The molecule has 2 aliphatic rings. The maximum absolute atomic E-state index is 14.5. The first-order chi connectivity index (χ1) is 11.2. The van der Waals surface area contributed by atoms with E-state index in [1.165, 1.54) is 23.9 Å². The van der Waals surface area contributed by atoms with Crippen molar-refractivity contribution in [2.24, 2.45) is 16.6 Å². The van der Waals surface area contributed by atoms with E-state index in [9.17, 15) is 9.18 Å². The highest BCUT2D eigenvalue weighted by molar-refractivity contribution is 8.15. The van der Waals surface area contributed by atoms with Crippen molar-refractivity contribution in [1.29, 1.82) is 0 Å². The molecule has 1 aromatic rings. The van der Waals surface area contributed by atoms with Crippen LogP contribution >= 0.6 is 11.8 Å². The van der Waals surface area contributed by atoms with Crippen molar-refractivity contribution < 1.29 is 9.18 Å². The van der Waals surface area contributed by atoms with Gasteiger partial charge >= 0.3 is 0 Å². The lowest BCUT2D eigenvalue weighted by molar-refractivity contribution is -0.125. The molecule has 3 rings (SSSR count). The zero-order valence-electron chi connectivity index (χ0n) is 14.1. The van der Waals surface area contributed by atoms with Crippen LogP contribution in [0.15, 0.2) is 23.2 Å². The van der Waals surface area contributed by atoms with Gasteiger partial charge in [0.25, 0.3) is 0 Å². The summed E-state index contributed by atoms with van der Waals surface area (Å²) >= 11 is 1.24. The summed E-state index contributed by atoms with van der Waals surface area (Å²) < 4.78 is 13.7. The Balaban J connectivity index is 2.05. The number of benzene rings is 1. The molecule has 0 spiro atoms. The first-order valence-corrected chi connectivity index (χ1v) is 8.89. The fourth-order valence-electron chi connectivity index (χ4n) is 3.21. The smallest absolute Gasteiger partial charge is 0.237 e. The topological polar surface area (TPSA) is 93.5 Å². The van der Waals surface area contributed by atoms with Crippen LogP contribution in [0.3, 0.4) is 0 Å². The van der Waals surface area contributed by atoms with Gasteiger partial charge < -0.3 is 16.8 Å². The second kappa shape index (κ2) is 5.65. The number of hydrogen-bond acceptors (Lipinski definition) is 5. The summed E-state index contributed by atoms with van der Waals surface area (Å²) in [5.41, 5.74) is 11.7. The predicted molar refractivity (Wildman–Crippen MR) is 96.1 cm³/mol. The van der Waals surface area contributed by atoms with E-state index >= 15 is 0 Å². The van der Waals surface area contributed by atoms with E-state index < -0.39 is 16.1 Å². The second-order valence-corrected chi connectivity index (χ2v) is 8.49. The second-order valence-electron chi connectivity index (χ2n) is 7.02. The molecule has 1 unspecified atom stereocenters. The number of carbonyl (C=O) groups excluding carboxylic acids is 1. The summed E-state index contributed by atoms with van der Waals surface area (Å²) in [7, 11) is 0. The van der Waals surface area contributed by atoms with Crippen LogP contribution in [0, 0.1) is 11.7 Å². The molecule has 1 amide bonds. The summed E-state index contributed by atoms with van der Waals surface area (Å²) in [5, 5.41) is 3.32. The van der Waals surface area contributed by atoms with Gasteiger partial charge in [0.05, 0.1) is 5.54 Å². The minimum absolute atomic E-state index is 0.0733. The molecule has 24 heavy (non-hydrogen) atoms. The van der Waals surface area contributed by atoms with Crippen molar-refractivity contribution in [1.82, 2.24) is 5.32 Å². The van der Waals surface area contributed by atoms with E-state index in [-0.39, 0.29) is 23.0 Å². The average molecular weight is 350 g/mol. The number of anilines is 1. The van der Waals surface area contributed by atoms with Crippen molar-refractivity contribution >= 4 is 28.5 Å². The van der Waals surface area contributed by atoms with E-state index in [1.54, 1.807) is 6.07 Å². The van der Waals surface area contributed by atoms with Gasteiger partial charge in [-0.2, -0.15) is 0 Å². The van der Waals surface area contributed by atoms with Gasteiger partial charge in [0, 0.05) is 23.2 Å². The fourth-order valence-corrected chi connectivity index (χ4v) is 4.44. The lowest BCUT2D eigenvalue weighted by Gasteiger charge is -2.46. The lowest BCUT2D eigenvalue weighted by Crippen LogP contribution is -2.56. The number of amides is 1. The molecule has 5 nitrogen and oxygen atoms in total. The van der Waals surface area contributed by atoms with Crippen molar-refractivity contribution in [2.75, 3.05) is 5.73 Å². The van der Waals surface area contributed by atoms with Crippen LogP contribution in [-0.2, 0) is 10.3 Å². The molecule has 1 aliphatic heterocycles. The van der Waals surface area contributed by atoms with Crippen LogP contribution in [0.4, 0.5) is 10.1 Å². The number of carbonyl (C=O) groups is 1. The third-order valence-electron chi connectivity index (χ3n) is 5.23. The SMILES string of the molecule is CC1[C@@](C)(C(=O)NC2CC2)SC(N)=N[C@]1(C)c1cc(N)ccc1F.